The van der Waals surface area contributed by atoms with Gasteiger partial charge in [0.25, 0.3) is 0 Å². The van der Waals surface area contributed by atoms with Gasteiger partial charge in [0.15, 0.2) is 11.5 Å². The molecule has 1 aliphatic rings. The van der Waals surface area contributed by atoms with E-state index in [1.807, 2.05) is 0 Å². The van der Waals surface area contributed by atoms with Crippen molar-refractivity contribution in [2.45, 2.75) is 13.0 Å². The van der Waals surface area contributed by atoms with Crippen molar-refractivity contribution in [3.8, 4) is 11.5 Å². The summed E-state index contributed by atoms with van der Waals surface area (Å²) in [5.74, 6) is 1.01. The van der Waals surface area contributed by atoms with Gasteiger partial charge in [0.2, 0.25) is 0 Å². The molecule has 0 aromatic heterocycles. The van der Waals surface area contributed by atoms with Gasteiger partial charge in [-0.15, -0.1) is 0 Å². The number of benzene rings is 2. The topological polar surface area (TPSA) is 38.7 Å². The highest BCUT2D eigenvalue weighted by atomic mass is 19.1. The molecule has 0 saturated heterocycles. The van der Waals surface area contributed by atoms with Gasteiger partial charge >= 0.3 is 0 Å². The molecule has 1 N–H and O–H groups in total. The van der Waals surface area contributed by atoms with Crippen molar-refractivity contribution >= 4 is 0 Å². The number of hydrogen-bond acceptors (Lipinski definition) is 3. The Balaban J connectivity index is 1.95. The van der Waals surface area contributed by atoms with E-state index in [9.17, 15) is 9.50 Å². The molecule has 1 heterocycles. The minimum Gasteiger partial charge on any atom is -0.486 e. The second kappa shape index (κ2) is 5.13. The lowest BCUT2D eigenvalue weighted by molar-refractivity contribution is 0.169. The van der Waals surface area contributed by atoms with E-state index in [4.69, 9.17) is 9.47 Å². The van der Waals surface area contributed by atoms with E-state index < -0.39 is 6.10 Å². The molecule has 0 radical (unpaired) electrons. The molecule has 1 atom stereocenters. The van der Waals surface area contributed by atoms with Crippen LogP contribution in [0.4, 0.5) is 4.39 Å². The van der Waals surface area contributed by atoms with Gasteiger partial charge in [-0.25, -0.2) is 4.39 Å². The first-order valence-corrected chi connectivity index (χ1v) is 6.49. The van der Waals surface area contributed by atoms with E-state index in [1.54, 1.807) is 31.2 Å². The van der Waals surface area contributed by atoms with Gasteiger partial charge in [0.05, 0.1) is 0 Å². The zero-order valence-corrected chi connectivity index (χ0v) is 11.1. The van der Waals surface area contributed by atoms with Gasteiger partial charge in [-0.2, -0.15) is 0 Å². The Morgan fingerprint density at radius 1 is 1.05 bits per heavy atom. The van der Waals surface area contributed by atoms with Gasteiger partial charge in [-0.1, -0.05) is 12.1 Å². The Morgan fingerprint density at radius 3 is 2.55 bits per heavy atom. The fraction of sp³-hybridized carbons (Fsp3) is 0.250. The average molecular weight is 274 g/mol. The third-order valence-corrected chi connectivity index (χ3v) is 3.41. The number of halogens is 1. The van der Waals surface area contributed by atoms with Crippen molar-refractivity contribution in [2.75, 3.05) is 13.2 Å². The summed E-state index contributed by atoms with van der Waals surface area (Å²) < 4.78 is 24.1. The monoisotopic (exact) mass is 274 g/mol. The molecule has 1 unspecified atom stereocenters. The normalized spacial score (nSPS) is 14.9. The molecule has 104 valence electrons. The maximum atomic E-state index is 13.1. The molecule has 1 aliphatic heterocycles. The lowest BCUT2D eigenvalue weighted by Gasteiger charge is -2.21. The molecule has 3 nitrogen and oxygen atoms in total. The maximum absolute atomic E-state index is 13.1. The molecule has 3 rings (SSSR count). The predicted molar refractivity (Wildman–Crippen MR) is 72.6 cm³/mol. The van der Waals surface area contributed by atoms with Crippen molar-refractivity contribution in [1.29, 1.82) is 0 Å². The van der Waals surface area contributed by atoms with Crippen LogP contribution in [0, 0.1) is 12.7 Å². The zero-order chi connectivity index (χ0) is 14.1. The van der Waals surface area contributed by atoms with Crippen LogP contribution in [0.3, 0.4) is 0 Å². The molecule has 0 saturated carbocycles. The highest BCUT2D eigenvalue weighted by Crippen LogP contribution is 2.34. The third kappa shape index (κ3) is 2.34. The van der Waals surface area contributed by atoms with E-state index >= 15 is 0 Å². The van der Waals surface area contributed by atoms with E-state index in [0.29, 0.717) is 41.4 Å². The van der Waals surface area contributed by atoms with Crippen LogP contribution in [-0.4, -0.2) is 18.3 Å². The average Bonchev–Trinajstić information content (AvgIpc) is 2.46. The van der Waals surface area contributed by atoms with Crippen LogP contribution in [0.2, 0.25) is 0 Å². The van der Waals surface area contributed by atoms with Crippen LogP contribution in [-0.2, 0) is 0 Å². The third-order valence-electron chi connectivity index (χ3n) is 3.41. The van der Waals surface area contributed by atoms with Crippen molar-refractivity contribution in [1.82, 2.24) is 0 Å². The van der Waals surface area contributed by atoms with Crippen molar-refractivity contribution in [3.05, 3.63) is 58.9 Å². The highest BCUT2D eigenvalue weighted by Gasteiger charge is 2.18. The molecule has 0 fully saturated rings. The molecule has 4 heteroatoms. The lowest BCUT2D eigenvalue weighted by Crippen LogP contribution is -2.15. The number of rotatable bonds is 2. The Hall–Kier alpha value is -2.07. The van der Waals surface area contributed by atoms with Crippen molar-refractivity contribution in [3.63, 3.8) is 0 Å². The fourth-order valence-corrected chi connectivity index (χ4v) is 2.36. The van der Waals surface area contributed by atoms with Gasteiger partial charge < -0.3 is 14.6 Å². The summed E-state index contributed by atoms with van der Waals surface area (Å²) in [7, 11) is 0. The van der Waals surface area contributed by atoms with Crippen LogP contribution >= 0.6 is 0 Å². The second-order valence-electron chi connectivity index (χ2n) is 4.81. The number of aliphatic hydroxyl groups excluding tert-OH is 1. The Bertz CT molecular complexity index is 640. The van der Waals surface area contributed by atoms with E-state index in [1.165, 1.54) is 12.1 Å². The van der Waals surface area contributed by atoms with Gasteiger partial charge in [-0.3, -0.25) is 0 Å². The predicted octanol–water partition coefficient (Wildman–Crippen LogP) is 2.99. The van der Waals surface area contributed by atoms with Crippen LogP contribution in [0.5, 0.6) is 11.5 Å². The Kier molecular flexibility index (Phi) is 3.32. The van der Waals surface area contributed by atoms with Crippen LogP contribution in [0.15, 0.2) is 36.4 Å². The molecule has 0 bridgehead atoms. The molecular weight excluding hydrogens is 259 g/mol. The number of ether oxygens (including phenoxy) is 2. The molecule has 0 spiro atoms. The minimum atomic E-state index is -0.813. The van der Waals surface area contributed by atoms with Crippen molar-refractivity contribution in [2.24, 2.45) is 0 Å². The zero-order valence-electron chi connectivity index (χ0n) is 11.1. The van der Waals surface area contributed by atoms with Gasteiger partial charge in [0.1, 0.15) is 25.1 Å². The maximum Gasteiger partial charge on any atom is 0.161 e. The number of fused-ring (bicyclic) bond motifs is 1. The quantitative estimate of drug-likeness (QED) is 0.915. The summed E-state index contributed by atoms with van der Waals surface area (Å²) in [6, 6.07) is 9.71. The number of hydrogen-bond donors (Lipinski definition) is 1. The molecule has 0 aliphatic carbocycles. The summed E-state index contributed by atoms with van der Waals surface area (Å²) in [6.45, 7) is 2.81. The Labute approximate surface area is 116 Å². The Morgan fingerprint density at radius 2 is 1.80 bits per heavy atom. The first-order valence-electron chi connectivity index (χ1n) is 6.49. The molecule has 0 amide bonds. The first kappa shape index (κ1) is 12.9. The van der Waals surface area contributed by atoms with E-state index in [2.05, 4.69) is 0 Å². The highest BCUT2D eigenvalue weighted by molar-refractivity contribution is 5.46. The molecular formula is C16H15FO3. The SMILES string of the molecule is Cc1cc(F)ccc1C(O)c1ccc2c(c1)OCCO2. The summed E-state index contributed by atoms with van der Waals surface area (Å²) in [5.41, 5.74) is 2.10. The van der Waals surface area contributed by atoms with Gasteiger partial charge in [0, 0.05) is 0 Å². The van der Waals surface area contributed by atoms with Crippen LogP contribution in [0.25, 0.3) is 0 Å². The van der Waals surface area contributed by atoms with Crippen LogP contribution in [0.1, 0.15) is 22.8 Å². The molecule has 2 aromatic rings. The van der Waals surface area contributed by atoms with Gasteiger partial charge in [-0.05, 0) is 47.9 Å². The summed E-state index contributed by atoms with van der Waals surface area (Å²) >= 11 is 0. The smallest absolute Gasteiger partial charge is 0.161 e. The lowest BCUT2D eigenvalue weighted by atomic mass is 9.97. The molecule has 2 aromatic carbocycles. The van der Waals surface area contributed by atoms with Crippen LogP contribution < -0.4 is 9.47 Å². The largest absolute Gasteiger partial charge is 0.486 e. The number of aryl methyl sites for hydroxylation is 1. The first-order chi connectivity index (χ1) is 9.65. The van der Waals surface area contributed by atoms with Crippen molar-refractivity contribution < 1.29 is 19.0 Å². The summed E-state index contributed by atoms with van der Waals surface area (Å²) in [4.78, 5) is 0. The second-order valence-corrected chi connectivity index (χ2v) is 4.81. The number of aliphatic hydroxyl groups is 1. The minimum absolute atomic E-state index is 0.305. The standard InChI is InChI=1S/C16H15FO3/c1-10-8-12(17)3-4-13(10)16(18)11-2-5-14-15(9-11)20-7-6-19-14/h2-5,8-9,16,18H,6-7H2,1H3. The van der Waals surface area contributed by atoms with E-state index in [-0.39, 0.29) is 5.82 Å². The van der Waals surface area contributed by atoms with E-state index in [0.717, 1.165) is 0 Å². The summed E-state index contributed by atoms with van der Waals surface area (Å²) in [6.07, 6.45) is -0.813. The molecule has 20 heavy (non-hydrogen) atoms. The summed E-state index contributed by atoms with van der Waals surface area (Å²) in [5, 5.41) is 10.4. The fourth-order valence-electron chi connectivity index (χ4n) is 2.36.